The van der Waals surface area contributed by atoms with E-state index in [4.69, 9.17) is 4.98 Å². The molecule has 1 amide bonds. The van der Waals surface area contributed by atoms with E-state index in [9.17, 15) is 14.7 Å². The van der Waals surface area contributed by atoms with Crippen molar-refractivity contribution in [1.29, 1.82) is 0 Å². The third-order valence-corrected chi connectivity index (χ3v) is 8.22. The van der Waals surface area contributed by atoms with Gasteiger partial charge in [-0.2, -0.15) is 0 Å². The molecule has 5 unspecified atom stereocenters. The molecule has 2 aliphatic rings. The van der Waals surface area contributed by atoms with Crippen LogP contribution < -0.4 is 5.32 Å². The van der Waals surface area contributed by atoms with E-state index < -0.39 is 17.8 Å². The summed E-state index contributed by atoms with van der Waals surface area (Å²) in [4.78, 5) is 32.9. The highest BCUT2D eigenvalue weighted by molar-refractivity contribution is 5.85. The molecule has 5 atom stereocenters. The summed E-state index contributed by atoms with van der Waals surface area (Å²) < 4.78 is 0. The Kier molecular flexibility index (Phi) is 7.44. The number of nitrogens with one attached hydrogen (secondary N) is 2. The number of H-pyrrole nitrogens is 1. The molecular weight excluding hydrogens is 426 g/mol. The molecule has 1 saturated carbocycles. The Hall–Kier alpha value is -2.63. The van der Waals surface area contributed by atoms with E-state index in [0.717, 1.165) is 42.5 Å². The predicted molar refractivity (Wildman–Crippen MR) is 134 cm³/mol. The van der Waals surface area contributed by atoms with Gasteiger partial charge < -0.3 is 15.4 Å². The van der Waals surface area contributed by atoms with Crippen molar-refractivity contribution in [1.82, 2.24) is 15.3 Å². The standard InChI is InChI=1S/C28H39N3O3/c1-16(2)23-13-19(14-25-30-24-11-7-8-17(3)26(24)31-25)18(4)12-20(23)15-29-27(32)21-9-5-6-10-22(21)28(33)34/h7-8,11-12,16,19-23H,5-6,9-10,13-15H2,1-4H3,(H,29,32)(H,30,31)(H,33,34). The Labute approximate surface area is 202 Å². The Morgan fingerprint density at radius 3 is 2.59 bits per heavy atom. The molecular formula is C28H39N3O3. The van der Waals surface area contributed by atoms with Crippen LogP contribution >= 0.6 is 0 Å². The molecule has 6 heteroatoms. The van der Waals surface area contributed by atoms with Crippen LogP contribution in [0.2, 0.25) is 0 Å². The first kappa shape index (κ1) is 24.5. The lowest BCUT2D eigenvalue weighted by Crippen LogP contribution is -2.43. The molecule has 0 aliphatic heterocycles. The Morgan fingerprint density at radius 2 is 1.91 bits per heavy atom. The number of amides is 1. The zero-order valence-electron chi connectivity index (χ0n) is 20.9. The van der Waals surface area contributed by atoms with Crippen molar-refractivity contribution < 1.29 is 14.7 Å². The monoisotopic (exact) mass is 465 g/mol. The number of aromatic nitrogens is 2. The van der Waals surface area contributed by atoms with E-state index in [0.29, 0.717) is 37.1 Å². The third-order valence-electron chi connectivity index (χ3n) is 8.22. The minimum atomic E-state index is -0.836. The number of allylic oxidation sites excluding steroid dienone is 1. The summed E-state index contributed by atoms with van der Waals surface area (Å²) in [6.45, 7) is 9.40. The normalized spacial score (nSPS) is 27.6. The van der Waals surface area contributed by atoms with E-state index in [1.807, 2.05) is 0 Å². The van der Waals surface area contributed by atoms with Gasteiger partial charge in [-0.25, -0.2) is 4.98 Å². The highest BCUT2D eigenvalue weighted by Crippen LogP contribution is 2.39. The maximum Gasteiger partial charge on any atom is 0.307 e. The van der Waals surface area contributed by atoms with Gasteiger partial charge in [-0.3, -0.25) is 9.59 Å². The second-order valence-electron chi connectivity index (χ2n) is 10.9. The molecule has 0 spiro atoms. The number of fused-ring (bicyclic) bond motifs is 1. The van der Waals surface area contributed by atoms with Crippen molar-refractivity contribution in [3.63, 3.8) is 0 Å². The van der Waals surface area contributed by atoms with E-state index in [1.165, 1.54) is 11.1 Å². The van der Waals surface area contributed by atoms with Gasteiger partial charge in [0, 0.05) is 13.0 Å². The highest BCUT2D eigenvalue weighted by atomic mass is 16.4. The average molecular weight is 466 g/mol. The number of para-hydroxylation sites is 1. The van der Waals surface area contributed by atoms with Crippen LogP contribution in [-0.4, -0.2) is 33.5 Å². The fraction of sp³-hybridized carbons (Fsp3) is 0.607. The number of imidazole rings is 1. The number of rotatable bonds is 7. The fourth-order valence-electron chi connectivity index (χ4n) is 6.15. The van der Waals surface area contributed by atoms with E-state index in [1.54, 1.807) is 0 Å². The van der Waals surface area contributed by atoms with Crippen molar-refractivity contribution >= 4 is 22.9 Å². The van der Waals surface area contributed by atoms with Crippen LogP contribution in [-0.2, 0) is 16.0 Å². The van der Waals surface area contributed by atoms with E-state index in [-0.39, 0.29) is 11.8 Å². The molecule has 1 aromatic carbocycles. The maximum absolute atomic E-state index is 12.9. The Balaban J connectivity index is 1.44. The smallest absolute Gasteiger partial charge is 0.307 e. The number of carboxylic acid groups (broad SMARTS) is 1. The molecule has 0 saturated heterocycles. The SMILES string of the molecule is CC1=CC(CNC(=O)C2CCCCC2C(=O)O)C(C(C)C)CC1Cc1nc2c(C)cccc2[nH]1. The van der Waals surface area contributed by atoms with E-state index >= 15 is 0 Å². The van der Waals surface area contributed by atoms with Crippen LogP contribution in [0.15, 0.2) is 29.8 Å². The summed E-state index contributed by atoms with van der Waals surface area (Å²) in [5.74, 6) is 0.817. The lowest BCUT2D eigenvalue weighted by molar-refractivity contribution is -0.149. The molecule has 3 N–H and O–H groups in total. The van der Waals surface area contributed by atoms with Gasteiger partial charge >= 0.3 is 5.97 Å². The quantitative estimate of drug-likeness (QED) is 0.485. The Bertz CT molecular complexity index is 1070. The largest absolute Gasteiger partial charge is 0.481 e. The summed E-state index contributed by atoms with van der Waals surface area (Å²) >= 11 is 0. The number of carbonyl (C=O) groups excluding carboxylic acids is 1. The van der Waals surface area contributed by atoms with Gasteiger partial charge in [0.2, 0.25) is 5.91 Å². The van der Waals surface area contributed by atoms with Crippen molar-refractivity contribution in [2.75, 3.05) is 6.54 Å². The molecule has 1 heterocycles. The summed E-state index contributed by atoms with van der Waals surface area (Å²) in [7, 11) is 0. The predicted octanol–water partition coefficient (Wildman–Crippen LogP) is 5.28. The second kappa shape index (κ2) is 10.3. The third kappa shape index (κ3) is 5.21. The average Bonchev–Trinajstić information content (AvgIpc) is 3.22. The topological polar surface area (TPSA) is 95.1 Å². The minimum absolute atomic E-state index is 0.0829. The molecule has 184 valence electrons. The number of carboxylic acids is 1. The maximum atomic E-state index is 12.9. The van der Waals surface area contributed by atoms with Gasteiger partial charge in [0.1, 0.15) is 5.82 Å². The molecule has 2 aromatic rings. The molecule has 1 aromatic heterocycles. The van der Waals surface area contributed by atoms with Gasteiger partial charge in [0.25, 0.3) is 0 Å². The first-order valence-corrected chi connectivity index (χ1v) is 12.9. The van der Waals surface area contributed by atoms with Crippen molar-refractivity contribution in [2.45, 2.75) is 66.2 Å². The number of hydrogen-bond acceptors (Lipinski definition) is 3. The van der Waals surface area contributed by atoms with Crippen molar-refractivity contribution in [2.24, 2.45) is 35.5 Å². The number of nitrogens with zero attached hydrogens (tertiary/aromatic N) is 1. The van der Waals surface area contributed by atoms with Crippen LogP contribution in [0.4, 0.5) is 0 Å². The van der Waals surface area contributed by atoms with Gasteiger partial charge in [0.05, 0.1) is 22.9 Å². The van der Waals surface area contributed by atoms with Gasteiger partial charge in [-0.1, -0.05) is 50.5 Å². The van der Waals surface area contributed by atoms with Crippen molar-refractivity contribution in [3.05, 3.63) is 41.2 Å². The van der Waals surface area contributed by atoms with Crippen molar-refractivity contribution in [3.8, 4) is 0 Å². The van der Waals surface area contributed by atoms with E-state index in [2.05, 4.69) is 62.3 Å². The number of aryl methyl sites for hydroxylation is 1. The lowest BCUT2D eigenvalue weighted by atomic mass is 9.69. The number of hydrogen-bond donors (Lipinski definition) is 3. The van der Waals surface area contributed by atoms with Crippen LogP contribution in [0.3, 0.4) is 0 Å². The molecule has 6 nitrogen and oxygen atoms in total. The lowest BCUT2D eigenvalue weighted by Gasteiger charge is -2.37. The number of benzene rings is 1. The first-order valence-electron chi connectivity index (χ1n) is 12.9. The van der Waals surface area contributed by atoms with Crippen LogP contribution in [0.25, 0.3) is 11.0 Å². The molecule has 0 bridgehead atoms. The number of aromatic amines is 1. The summed E-state index contributed by atoms with van der Waals surface area (Å²) in [6.07, 6.45) is 7.42. The first-order chi connectivity index (χ1) is 16.2. The molecule has 34 heavy (non-hydrogen) atoms. The van der Waals surface area contributed by atoms with Gasteiger partial charge in [-0.05, 0) is 68.4 Å². The highest BCUT2D eigenvalue weighted by Gasteiger charge is 2.37. The minimum Gasteiger partial charge on any atom is -0.481 e. The summed E-state index contributed by atoms with van der Waals surface area (Å²) in [6, 6.07) is 6.24. The number of carbonyl (C=O) groups is 2. The molecule has 1 fully saturated rings. The van der Waals surface area contributed by atoms with Crippen LogP contribution in [0.5, 0.6) is 0 Å². The molecule has 0 radical (unpaired) electrons. The van der Waals surface area contributed by atoms with Gasteiger partial charge in [0.15, 0.2) is 0 Å². The molecule has 2 aliphatic carbocycles. The number of aliphatic carboxylic acids is 1. The zero-order valence-corrected chi connectivity index (χ0v) is 20.9. The zero-order chi connectivity index (χ0) is 24.4. The second-order valence-corrected chi connectivity index (χ2v) is 10.9. The Morgan fingerprint density at radius 1 is 1.18 bits per heavy atom. The fourth-order valence-corrected chi connectivity index (χ4v) is 6.15. The van der Waals surface area contributed by atoms with Crippen LogP contribution in [0.1, 0.15) is 64.3 Å². The van der Waals surface area contributed by atoms with Crippen LogP contribution in [0, 0.1) is 42.4 Å². The summed E-state index contributed by atoms with van der Waals surface area (Å²) in [5, 5.41) is 12.7. The molecule has 4 rings (SSSR count). The summed E-state index contributed by atoms with van der Waals surface area (Å²) in [5.41, 5.74) is 4.69. The van der Waals surface area contributed by atoms with Gasteiger partial charge in [-0.15, -0.1) is 0 Å².